The molecule has 8 nitrogen and oxygen atoms in total. The minimum absolute atomic E-state index is 0.117. The van der Waals surface area contributed by atoms with Crippen molar-refractivity contribution in [2.45, 2.75) is 26.3 Å². The topological polar surface area (TPSA) is 106 Å². The third kappa shape index (κ3) is 5.43. The summed E-state index contributed by atoms with van der Waals surface area (Å²) in [4.78, 5) is 26.9. The van der Waals surface area contributed by atoms with E-state index in [0.29, 0.717) is 47.2 Å². The molecule has 0 radical (unpaired) electrons. The quantitative estimate of drug-likeness (QED) is 0.680. The molecular weight excluding hydrogens is 403 g/mol. The molecule has 1 aliphatic heterocycles. The van der Waals surface area contributed by atoms with E-state index in [2.05, 4.69) is 25.2 Å². The molecular formula is C18H22Cl2N6O2. The van der Waals surface area contributed by atoms with E-state index >= 15 is 0 Å². The van der Waals surface area contributed by atoms with E-state index in [9.17, 15) is 4.79 Å². The second-order valence-corrected chi connectivity index (χ2v) is 7.33. The number of rotatable bonds is 6. The summed E-state index contributed by atoms with van der Waals surface area (Å²) in [6.45, 7) is 4.15. The molecule has 1 atom stereocenters. The number of carbonyl (C=O) groups excluding carboxylic acids is 1. The Kier molecular flexibility index (Phi) is 6.88. The first kappa shape index (κ1) is 20.6. The van der Waals surface area contributed by atoms with Gasteiger partial charge < -0.3 is 15.8 Å². The van der Waals surface area contributed by atoms with Crippen LogP contribution in [0.3, 0.4) is 0 Å². The minimum Gasteiger partial charge on any atom is -0.466 e. The third-order valence-electron chi connectivity index (χ3n) is 4.37. The maximum atomic E-state index is 12.0. The van der Waals surface area contributed by atoms with Crippen LogP contribution in [0.4, 0.5) is 17.6 Å². The van der Waals surface area contributed by atoms with Crippen LogP contribution in [0.25, 0.3) is 0 Å². The van der Waals surface area contributed by atoms with Crippen LogP contribution in [-0.4, -0.2) is 45.5 Å². The van der Waals surface area contributed by atoms with Gasteiger partial charge in [-0.15, -0.1) is 0 Å². The normalized spacial score (nSPS) is 17.3. The van der Waals surface area contributed by atoms with E-state index in [1.54, 1.807) is 18.2 Å². The van der Waals surface area contributed by atoms with Crippen LogP contribution in [0.1, 0.15) is 25.6 Å². The Balaban J connectivity index is 1.69. The zero-order valence-electron chi connectivity index (χ0n) is 15.5. The lowest BCUT2D eigenvalue weighted by molar-refractivity contribution is -0.150. The van der Waals surface area contributed by atoms with E-state index in [4.69, 9.17) is 33.7 Å². The molecule has 0 aliphatic carbocycles. The average molecular weight is 425 g/mol. The number of hydrogen-bond acceptors (Lipinski definition) is 8. The first-order chi connectivity index (χ1) is 13.4. The van der Waals surface area contributed by atoms with Gasteiger partial charge in [-0.2, -0.15) is 15.0 Å². The van der Waals surface area contributed by atoms with Gasteiger partial charge in [0.05, 0.1) is 29.1 Å². The standard InChI is InChI=1S/C18H22Cl2N6O2/c1-2-28-16(27)11-4-3-7-26(9-11)10-15-23-17(21)25-18(24-15)22-12-5-6-13(19)14(20)8-12/h5-6,8,11H,2-4,7,9-10H2,1H3,(H3,21,22,23,24,25). The van der Waals surface area contributed by atoms with Crippen LogP contribution in [0, 0.1) is 5.92 Å². The van der Waals surface area contributed by atoms with Gasteiger partial charge in [0.1, 0.15) is 5.82 Å². The van der Waals surface area contributed by atoms with E-state index in [1.807, 2.05) is 6.92 Å². The van der Waals surface area contributed by atoms with Gasteiger partial charge in [-0.25, -0.2) is 0 Å². The first-order valence-electron chi connectivity index (χ1n) is 9.06. The molecule has 2 aromatic rings. The number of ether oxygens (including phenoxy) is 1. The van der Waals surface area contributed by atoms with Crippen LogP contribution in [0.2, 0.25) is 10.0 Å². The molecule has 0 spiro atoms. The Morgan fingerprint density at radius 3 is 2.89 bits per heavy atom. The molecule has 1 aliphatic rings. The van der Waals surface area contributed by atoms with Gasteiger partial charge in [-0.1, -0.05) is 23.2 Å². The van der Waals surface area contributed by atoms with Crippen molar-refractivity contribution < 1.29 is 9.53 Å². The number of esters is 1. The van der Waals surface area contributed by atoms with Crippen molar-refractivity contribution >= 4 is 46.8 Å². The number of benzene rings is 1. The van der Waals surface area contributed by atoms with Gasteiger partial charge in [-0.05, 0) is 44.5 Å². The van der Waals surface area contributed by atoms with Crippen molar-refractivity contribution in [1.29, 1.82) is 0 Å². The fraction of sp³-hybridized carbons (Fsp3) is 0.444. The Bertz CT molecular complexity index is 851. The molecule has 1 aromatic heterocycles. The summed E-state index contributed by atoms with van der Waals surface area (Å²) in [5.74, 6) is 0.692. The monoisotopic (exact) mass is 424 g/mol. The maximum absolute atomic E-state index is 12.0. The fourth-order valence-corrected chi connectivity index (χ4v) is 3.42. The number of piperidine rings is 1. The number of nitrogen functional groups attached to an aromatic ring is 1. The zero-order chi connectivity index (χ0) is 20.1. The summed E-state index contributed by atoms with van der Waals surface area (Å²) in [5.41, 5.74) is 6.53. The number of nitrogens with two attached hydrogens (primary N) is 1. The predicted octanol–water partition coefficient (Wildman–Crippen LogP) is 3.28. The molecule has 1 aromatic carbocycles. The highest BCUT2D eigenvalue weighted by Gasteiger charge is 2.27. The smallest absolute Gasteiger partial charge is 0.310 e. The summed E-state index contributed by atoms with van der Waals surface area (Å²) < 4.78 is 5.15. The molecule has 1 saturated heterocycles. The SMILES string of the molecule is CCOC(=O)C1CCCN(Cc2nc(N)nc(Nc3ccc(Cl)c(Cl)c3)n2)C1. The Hall–Kier alpha value is -2.16. The zero-order valence-corrected chi connectivity index (χ0v) is 17.0. The lowest BCUT2D eigenvalue weighted by Crippen LogP contribution is -2.39. The number of nitrogens with one attached hydrogen (secondary N) is 1. The molecule has 3 N–H and O–H groups in total. The minimum atomic E-state index is -0.149. The van der Waals surface area contributed by atoms with Crippen molar-refractivity contribution in [3.8, 4) is 0 Å². The Labute approximate surface area is 173 Å². The predicted molar refractivity (Wildman–Crippen MR) is 109 cm³/mol. The molecule has 0 bridgehead atoms. The van der Waals surface area contributed by atoms with Crippen LogP contribution in [0.15, 0.2) is 18.2 Å². The molecule has 2 heterocycles. The summed E-state index contributed by atoms with van der Waals surface area (Å²) in [5, 5.41) is 3.94. The van der Waals surface area contributed by atoms with Crippen molar-refractivity contribution in [3.63, 3.8) is 0 Å². The number of hydrogen-bond donors (Lipinski definition) is 2. The highest BCUT2D eigenvalue weighted by atomic mass is 35.5. The molecule has 10 heteroatoms. The van der Waals surface area contributed by atoms with E-state index in [1.165, 1.54) is 0 Å². The third-order valence-corrected chi connectivity index (χ3v) is 5.10. The summed E-state index contributed by atoms with van der Waals surface area (Å²) in [7, 11) is 0. The van der Waals surface area contributed by atoms with Gasteiger partial charge in [0.2, 0.25) is 11.9 Å². The molecule has 1 fully saturated rings. The largest absolute Gasteiger partial charge is 0.466 e. The molecule has 1 unspecified atom stereocenters. The number of likely N-dealkylation sites (tertiary alicyclic amines) is 1. The molecule has 0 saturated carbocycles. The second kappa shape index (κ2) is 9.36. The number of halogens is 2. The van der Waals surface area contributed by atoms with E-state index in [0.717, 1.165) is 19.4 Å². The van der Waals surface area contributed by atoms with Crippen molar-refractivity contribution in [1.82, 2.24) is 19.9 Å². The first-order valence-corrected chi connectivity index (χ1v) is 9.81. The van der Waals surface area contributed by atoms with E-state index in [-0.39, 0.29) is 17.8 Å². The number of carbonyl (C=O) groups is 1. The Morgan fingerprint density at radius 1 is 1.32 bits per heavy atom. The number of aromatic nitrogens is 3. The van der Waals surface area contributed by atoms with Gasteiger partial charge in [0, 0.05) is 12.2 Å². The van der Waals surface area contributed by atoms with Crippen molar-refractivity contribution in [2.24, 2.45) is 5.92 Å². The molecule has 150 valence electrons. The molecule has 3 rings (SSSR count). The van der Waals surface area contributed by atoms with Crippen LogP contribution >= 0.6 is 23.2 Å². The number of nitrogens with zero attached hydrogens (tertiary/aromatic N) is 4. The highest BCUT2D eigenvalue weighted by Crippen LogP contribution is 2.26. The van der Waals surface area contributed by atoms with Crippen LogP contribution in [-0.2, 0) is 16.1 Å². The van der Waals surface area contributed by atoms with Gasteiger partial charge in [0.15, 0.2) is 0 Å². The summed E-state index contributed by atoms with van der Waals surface area (Å²) in [6, 6.07) is 5.13. The maximum Gasteiger partial charge on any atom is 0.310 e. The van der Waals surface area contributed by atoms with Crippen LogP contribution in [0.5, 0.6) is 0 Å². The lowest BCUT2D eigenvalue weighted by Gasteiger charge is -2.30. The molecule has 28 heavy (non-hydrogen) atoms. The lowest BCUT2D eigenvalue weighted by atomic mass is 9.98. The summed E-state index contributed by atoms with van der Waals surface area (Å²) >= 11 is 12.0. The second-order valence-electron chi connectivity index (χ2n) is 6.51. The highest BCUT2D eigenvalue weighted by molar-refractivity contribution is 6.42. The van der Waals surface area contributed by atoms with E-state index < -0.39 is 0 Å². The van der Waals surface area contributed by atoms with Crippen molar-refractivity contribution in [3.05, 3.63) is 34.1 Å². The Morgan fingerprint density at radius 2 is 2.14 bits per heavy atom. The van der Waals surface area contributed by atoms with Gasteiger partial charge in [-0.3, -0.25) is 9.69 Å². The fourth-order valence-electron chi connectivity index (χ4n) is 3.12. The van der Waals surface area contributed by atoms with Gasteiger partial charge >= 0.3 is 5.97 Å². The van der Waals surface area contributed by atoms with Crippen LogP contribution < -0.4 is 11.1 Å². The molecule has 0 amide bonds. The van der Waals surface area contributed by atoms with Crippen molar-refractivity contribution in [2.75, 3.05) is 30.7 Å². The summed E-state index contributed by atoms with van der Waals surface area (Å²) in [6.07, 6.45) is 1.75. The average Bonchev–Trinajstić information content (AvgIpc) is 2.65. The van der Waals surface area contributed by atoms with Gasteiger partial charge in [0.25, 0.3) is 0 Å². The number of anilines is 3.